The number of methoxy groups -OCH3 is 1. The first kappa shape index (κ1) is 10.8. The van der Waals surface area contributed by atoms with E-state index in [2.05, 4.69) is 4.74 Å². The molecule has 0 spiro atoms. The van der Waals surface area contributed by atoms with Crippen LogP contribution in [0.1, 0.15) is 10.4 Å². The number of carbonyl (C=O) groups is 1. The van der Waals surface area contributed by atoms with Crippen molar-refractivity contribution in [2.75, 3.05) is 7.11 Å². The lowest BCUT2D eigenvalue weighted by Gasteiger charge is -2.04. The molecule has 16 heavy (non-hydrogen) atoms. The molecule has 1 aromatic carbocycles. The molecule has 0 saturated carbocycles. The molecule has 0 aliphatic rings. The summed E-state index contributed by atoms with van der Waals surface area (Å²) in [5, 5.41) is 0.530. The fourth-order valence-electron chi connectivity index (χ4n) is 1.39. The highest BCUT2D eigenvalue weighted by Gasteiger charge is 2.11. The van der Waals surface area contributed by atoms with Crippen molar-refractivity contribution in [1.29, 1.82) is 0 Å². The van der Waals surface area contributed by atoms with Crippen LogP contribution in [0.2, 0.25) is 5.02 Å². The normalized spacial score (nSPS) is 10.1. The lowest BCUT2D eigenvalue weighted by Crippen LogP contribution is -2.00. The van der Waals surface area contributed by atoms with Crippen molar-refractivity contribution in [2.24, 2.45) is 0 Å². The van der Waals surface area contributed by atoms with E-state index in [4.69, 9.17) is 16.0 Å². The minimum atomic E-state index is -0.399. The SMILES string of the molecule is COC(=O)c1ccc(Cl)c(-c2ccco2)c1. The van der Waals surface area contributed by atoms with Crippen LogP contribution in [-0.4, -0.2) is 13.1 Å². The van der Waals surface area contributed by atoms with Crippen LogP contribution >= 0.6 is 11.6 Å². The van der Waals surface area contributed by atoms with Crippen molar-refractivity contribution >= 4 is 17.6 Å². The van der Waals surface area contributed by atoms with E-state index in [1.54, 1.807) is 36.6 Å². The van der Waals surface area contributed by atoms with Crippen LogP contribution in [0.5, 0.6) is 0 Å². The van der Waals surface area contributed by atoms with E-state index in [0.717, 1.165) is 0 Å². The van der Waals surface area contributed by atoms with Gasteiger partial charge in [-0.05, 0) is 30.3 Å². The summed E-state index contributed by atoms with van der Waals surface area (Å²) in [6.45, 7) is 0. The Hall–Kier alpha value is -1.74. The second kappa shape index (κ2) is 4.41. The molecule has 2 rings (SSSR count). The maximum absolute atomic E-state index is 11.4. The number of furan rings is 1. The van der Waals surface area contributed by atoms with Gasteiger partial charge in [0.05, 0.1) is 24.0 Å². The molecule has 0 bridgehead atoms. The molecule has 0 aliphatic heterocycles. The zero-order valence-corrected chi connectivity index (χ0v) is 9.32. The molecule has 0 amide bonds. The van der Waals surface area contributed by atoms with Gasteiger partial charge >= 0.3 is 5.97 Å². The number of benzene rings is 1. The van der Waals surface area contributed by atoms with Crippen molar-refractivity contribution in [1.82, 2.24) is 0 Å². The standard InChI is InChI=1S/C12H9ClO3/c1-15-12(14)8-4-5-10(13)9(7-8)11-3-2-6-16-11/h2-7H,1H3. The predicted molar refractivity (Wildman–Crippen MR) is 60.5 cm³/mol. The molecular weight excluding hydrogens is 228 g/mol. The van der Waals surface area contributed by atoms with E-state index in [-0.39, 0.29) is 0 Å². The van der Waals surface area contributed by atoms with Gasteiger partial charge in [0, 0.05) is 5.56 Å². The topological polar surface area (TPSA) is 39.4 Å². The lowest BCUT2D eigenvalue weighted by molar-refractivity contribution is 0.0601. The summed E-state index contributed by atoms with van der Waals surface area (Å²) < 4.78 is 9.87. The molecule has 0 saturated heterocycles. The van der Waals surface area contributed by atoms with Gasteiger partial charge in [-0.1, -0.05) is 11.6 Å². The van der Waals surface area contributed by atoms with Crippen molar-refractivity contribution in [3.8, 4) is 11.3 Å². The molecule has 4 heteroatoms. The van der Waals surface area contributed by atoms with Crippen LogP contribution < -0.4 is 0 Å². The summed E-state index contributed by atoms with van der Waals surface area (Å²) in [7, 11) is 1.34. The fraction of sp³-hybridized carbons (Fsp3) is 0.0833. The van der Waals surface area contributed by atoms with Gasteiger partial charge in [-0.25, -0.2) is 4.79 Å². The largest absolute Gasteiger partial charge is 0.465 e. The average molecular weight is 237 g/mol. The van der Waals surface area contributed by atoms with Gasteiger partial charge in [0.15, 0.2) is 0 Å². The van der Waals surface area contributed by atoms with E-state index in [9.17, 15) is 4.79 Å². The molecule has 1 aromatic heterocycles. The van der Waals surface area contributed by atoms with E-state index >= 15 is 0 Å². The highest BCUT2D eigenvalue weighted by atomic mass is 35.5. The maximum Gasteiger partial charge on any atom is 0.337 e. The number of rotatable bonds is 2. The van der Waals surface area contributed by atoms with Gasteiger partial charge in [-0.2, -0.15) is 0 Å². The van der Waals surface area contributed by atoms with Crippen LogP contribution in [-0.2, 0) is 4.74 Å². The van der Waals surface area contributed by atoms with Crippen LogP contribution in [0, 0.1) is 0 Å². The summed E-state index contributed by atoms with van der Waals surface area (Å²) in [4.78, 5) is 11.4. The third kappa shape index (κ3) is 1.95. The summed E-state index contributed by atoms with van der Waals surface area (Å²) in [6.07, 6.45) is 1.55. The molecule has 82 valence electrons. The fourth-order valence-corrected chi connectivity index (χ4v) is 1.60. The van der Waals surface area contributed by atoms with Crippen molar-refractivity contribution in [3.63, 3.8) is 0 Å². The number of ether oxygens (including phenoxy) is 1. The molecule has 3 nitrogen and oxygen atoms in total. The molecule has 0 N–H and O–H groups in total. The number of esters is 1. The maximum atomic E-state index is 11.4. The Bertz CT molecular complexity index is 503. The van der Waals surface area contributed by atoms with Crippen molar-refractivity contribution in [3.05, 3.63) is 47.2 Å². The Kier molecular flexibility index (Phi) is 2.97. The molecule has 0 atom stereocenters. The van der Waals surface area contributed by atoms with Crippen molar-refractivity contribution in [2.45, 2.75) is 0 Å². The third-order valence-corrected chi connectivity index (χ3v) is 2.50. The summed E-state index contributed by atoms with van der Waals surface area (Å²) in [5.74, 6) is 0.222. The zero-order chi connectivity index (χ0) is 11.5. The second-order valence-corrected chi connectivity index (χ2v) is 3.57. The van der Waals surface area contributed by atoms with E-state index < -0.39 is 5.97 Å². The molecular formula is C12H9ClO3. The van der Waals surface area contributed by atoms with E-state index in [0.29, 0.717) is 21.9 Å². The molecule has 0 fully saturated rings. The first-order valence-electron chi connectivity index (χ1n) is 4.64. The highest BCUT2D eigenvalue weighted by molar-refractivity contribution is 6.33. The number of halogens is 1. The molecule has 0 radical (unpaired) electrons. The van der Waals surface area contributed by atoms with Gasteiger partial charge in [0.1, 0.15) is 5.76 Å². The zero-order valence-electron chi connectivity index (χ0n) is 8.57. The summed E-state index contributed by atoms with van der Waals surface area (Å²) in [6, 6.07) is 8.44. The Labute approximate surface area is 97.6 Å². The van der Waals surface area contributed by atoms with Crippen LogP contribution in [0.4, 0.5) is 0 Å². The minimum absolute atomic E-state index is 0.399. The number of carbonyl (C=O) groups excluding carboxylic acids is 1. The Morgan fingerprint density at radius 1 is 1.38 bits per heavy atom. The van der Waals surface area contributed by atoms with Crippen molar-refractivity contribution < 1.29 is 13.9 Å². The highest BCUT2D eigenvalue weighted by Crippen LogP contribution is 2.29. The lowest BCUT2D eigenvalue weighted by atomic mass is 10.1. The van der Waals surface area contributed by atoms with Gasteiger partial charge in [0.2, 0.25) is 0 Å². The van der Waals surface area contributed by atoms with E-state index in [1.165, 1.54) is 7.11 Å². The first-order valence-corrected chi connectivity index (χ1v) is 5.02. The van der Waals surface area contributed by atoms with Crippen LogP contribution in [0.25, 0.3) is 11.3 Å². The van der Waals surface area contributed by atoms with Gasteiger partial charge < -0.3 is 9.15 Å². The average Bonchev–Trinajstić information content (AvgIpc) is 2.82. The number of hydrogen-bond donors (Lipinski definition) is 0. The van der Waals surface area contributed by atoms with Crippen LogP contribution in [0.15, 0.2) is 41.0 Å². The molecule has 0 unspecified atom stereocenters. The second-order valence-electron chi connectivity index (χ2n) is 3.16. The molecule has 1 heterocycles. The smallest absolute Gasteiger partial charge is 0.337 e. The predicted octanol–water partition coefficient (Wildman–Crippen LogP) is 3.39. The summed E-state index contributed by atoms with van der Waals surface area (Å²) >= 11 is 6.02. The molecule has 0 aliphatic carbocycles. The van der Waals surface area contributed by atoms with E-state index in [1.807, 2.05) is 0 Å². The third-order valence-electron chi connectivity index (χ3n) is 2.17. The van der Waals surface area contributed by atoms with Gasteiger partial charge in [0.25, 0.3) is 0 Å². The minimum Gasteiger partial charge on any atom is -0.465 e. The Morgan fingerprint density at radius 2 is 2.19 bits per heavy atom. The number of hydrogen-bond acceptors (Lipinski definition) is 3. The Morgan fingerprint density at radius 3 is 2.81 bits per heavy atom. The first-order chi connectivity index (χ1) is 7.72. The Balaban J connectivity index is 2.49. The van der Waals surface area contributed by atoms with Gasteiger partial charge in [-0.15, -0.1) is 0 Å². The van der Waals surface area contributed by atoms with Crippen LogP contribution in [0.3, 0.4) is 0 Å². The van der Waals surface area contributed by atoms with Gasteiger partial charge in [-0.3, -0.25) is 0 Å². The quantitative estimate of drug-likeness (QED) is 0.751. The monoisotopic (exact) mass is 236 g/mol. The summed E-state index contributed by atoms with van der Waals surface area (Å²) in [5.41, 5.74) is 1.12. The molecule has 2 aromatic rings.